The van der Waals surface area contributed by atoms with Crippen LogP contribution < -0.4 is 4.74 Å². The largest absolute Gasteiger partial charge is 0.502 e. The van der Waals surface area contributed by atoms with Gasteiger partial charge in [0, 0.05) is 6.07 Å². The fraction of sp³-hybridized carbons (Fsp3) is 0.0714. The van der Waals surface area contributed by atoms with Crippen molar-refractivity contribution in [3.63, 3.8) is 0 Å². The number of alkyl halides is 3. The summed E-state index contributed by atoms with van der Waals surface area (Å²) in [5, 5.41) is 0. The summed E-state index contributed by atoms with van der Waals surface area (Å²) in [7, 11) is -7.01. The van der Waals surface area contributed by atoms with E-state index in [1.54, 1.807) is 0 Å². The van der Waals surface area contributed by atoms with Crippen molar-refractivity contribution >= 4 is 15.8 Å². The third-order valence-corrected chi connectivity index (χ3v) is 4.77. The van der Waals surface area contributed by atoms with Crippen LogP contribution in [-0.2, 0) is 9.84 Å². The van der Waals surface area contributed by atoms with E-state index in [4.69, 9.17) is 0 Å². The van der Waals surface area contributed by atoms with Crippen LogP contribution in [0.1, 0.15) is 10.4 Å². The first-order chi connectivity index (χ1) is 13.5. The first-order valence-corrected chi connectivity index (χ1v) is 8.24. The molecule has 164 valence electrons. The van der Waals surface area contributed by atoms with Gasteiger partial charge in [0.15, 0.2) is 39.8 Å². The van der Waals surface area contributed by atoms with Crippen molar-refractivity contribution in [3.8, 4) is 5.75 Å². The zero-order valence-electron chi connectivity index (χ0n) is 13.3. The average Bonchev–Trinajstić information content (AvgIpc) is 2.61. The molecule has 0 aromatic heterocycles. The molecule has 0 aliphatic heterocycles. The molecular formula is C14HF11O4S. The topological polar surface area (TPSA) is 60.4 Å². The van der Waals surface area contributed by atoms with Gasteiger partial charge in [0.2, 0.25) is 17.4 Å². The number of benzene rings is 2. The summed E-state index contributed by atoms with van der Waals surface area (Å²) in [5.74, 6) is -26.9. The molecule has 2 aromatic carbocycles. The van der Waals surface area contributed by atoms with Gasteiger partial charge in [-0.25, -0.2) is 39.6 Å². The molecule has 0 saturated heterocycles. The van der Waals surface area contributed by atoms with Crippen LogP contribution in [0.2, 0.25) is 0 Å². The molecule has 0 radical (unpaired) electrons. The molecule has 0 unspecified atom stereocenters. The van der Waals surface area contributed by atoms with Crippen LogP contribution in [-0.4, -0.2) is 19.9 Å². The summed E-state index contributed by atoms with van der Waals surface area (Å²) in [6, 6.07) is -0.376. The second-order valence-electron chi connectivity index (χ2n) is 5.10. The van der Waals surface area contributed by atoms with Crippen molar-refractivity contribution in [2.24, 2.45) is 0 Å². The van der Waals surface area contributed by atoms with E-state index >= 15 is 0 Å². The number of hydrogen-bond donors (Lipinski definition) is 0. The van der Waals surface area contributed by atoms with Crippen LogP contribution in [0.3, 0.4) is 0 Å². The minimum atomic E-state index is -7.01. The molecule has 0 spiro atoms. The Morgan fingerprint density at radius 1 is 0.733 bits per heavy atom. The third kappa shape index (κ3) is 3.54. The normalized spacial score (nSPS) is 12.2. The van der Waals surface area contributed by atoms with E-state index in [2.05, 4.69) is 4.74 Å². The zero-order valence-corrected chi connectivity index (χ0v) is 14.1. The van der Waals surface area contributed by atoms with E-state index in [-0.39, 0.29) is 6.07 Å². The number of rotatable bonds is 3. The number of carbonyl (C=O) groups is 1. The second-order valence-corrected chi connectivity index (χ2v) is 6.97. The minimum Gasteiger partial charge on any atom is -0.416 e. The molecule has 4 nitrogen and oxygen atoms in total. The number of halogens is 11. The molecule has 0 aliphatic rings. The van der Waals surface area contributed by atoms with Gasteiger partial charge in [-0.15, -0.1) is 0 Å². The molecule has 30 heavy (non-hydrogen) atoms. The maximum absolute atomic E-state index is 13.9. The molecule has 0 amide bonds. The average molecular weight is 474 g/mol. The van der Waals surface area contributed by atoms with Gasteiger partial charge in [0.1, 0.15) is 5.56 Å². The fourth-order valence-corrected chi connectivity index (χ4v) is 2.81. The van der Waals surface area contributed by atoms with E-state index in [9.17, 15) is 61.5 Å². The van der Waals surface area contributed by atoms with Gasteiger partial charge in [-0.1, -0.05) is 0 Å². The number of esters is 1. The van der Waals surface area contributed by atoms with Crippen LogP contribution in [0.25, 0.3) is 0 Å². The lowest BCUT2D eigenvalue weighted by Crippen LogP contribution is -2.28. The lowest BCUT2D eigenvalue weighted by Gasteiger charge is -2.14. The van der Waals surface area contributed by atoms with Gasteiger partial charge < -0.3 is 4.74 Å². The number of carbonyl (C=O) groups excluding carboxylic acids is 1. The Morgan fingerprint density at radius 2 is 1.13 bits per heavy atom. The Kier molecular flexibility index (Phi) is 5.77. The van der Waals surface area contributed by atoms with E-state index in [1.165, 1.54) is 0 Å². The molecule has 0 aliphatic carbocycles. The van der Waals surface area contributed by atoms with Crippen molar-refractivity contribution in [2.45, 2.75) is 10.4 Å². The standard InChI is InChI=1S/C14HF11O4S/c15-2-1-3(16)6(18)11(5(2)17)29-13(26)4-7(19)9(21)12(10(22)8(4)20)30(27,28)14(23,24)25/h1H. The SMILES string of the molecule is O=C(Oc1c(F)c(F)cc(F)c1F)c1c(F)c(F)c(S(=O)(=O)C(F)(F)F)c(F)c1F. The molecule has 0 atom stereocenters. The number of sulfone groups is 1. The van der Waals surface area contributed by atoms with E-state index in [1.807, 2.05) is 0 Å². The van der Waals surface area contributed by atoms with E-state index < -0.39 is 84.1 Å². The highest BCUT2D eigenvalue weighted by Gasteiger charge is 2.52. The van der Waals surface area contributed by atoms with Gasteiger partial charge in [0.05, 0.1) is 0 Å². The number of ether oxygens (including phenoxy) is 1. The summed E-state index contributed by atoms with van der Waals surface area (Å²) < 4.78 is 171. The lowest BCUT2D eigenvalue weighted by molar-refractivity contribution is -0.0440. The summed E-state index contributed by atoms with van der Waals surface area (Å²) >= 11 is 0. The third-order valence-electron chi connectivity index (χ3n) is 3.27. The highest BCUT2D eigenvalue weighted by molar-refractivity contribution is 7.92. The van der Waals surface area contributed by atoms with Gasteiger partial charge >= 0.3 is 11.5 Å². The summed E-state index contributed by atoms with van der Waals surface area (Å²) in [4.78, 5) is 8.50. The van der Waals surface area contributed by atoms with Crippen molar-refractivity contribution < 1.29 is 66.2 Å². The highest BCUT2D eigenvalue weighted by atomic mass is 32.2. The smallest absolute Gasteiger partial charge is 0.416 e. The van der Waals surface area contributed by atoms with Crippen LogP contribution in [0.5, 0.6) is 5.75 Å². The summed E-state index contributed by atoms with van der Waals surface area (Å²) in [6.07, 6.45) is 0. The van der Waals surface area contributed by atoms with Gasteiger partial charge in [-0.05, 0) is 0 Å². The molecule has 16 heteroatoms. The first kappa shape index (κ1) is 23.4. The fourth-order valence-electron chi connectivity index (χ4n) is 1.93. The molecule has 0 N–H and O–H groups in total. The van der Waals surface area contributed by atoms with Crippen molar-refractivity contribution in [1.82, 2.24) is 0 Å². The van der Waals surface area contributed by atoms with Gasteiger partial charge in [0.25, 0.3) is 9.84 Å². The number of hydrogen-bond acceptors (Lipinski definition) is 4. The predicted octanol–water partition coefficient (Wildman–Crippen LogP) is 4.31. The molecule has 0 fully saturated rings. The van der Waals surface area contributed by atoms with E-state index in [0.29, 0.717) is 0 Å². The maximum atomic E-state index is 13.9. The molecule has 0 heterocycles. The van der Waals surface area contributed by atoms with Crippen molar-refractivity contribution in [3.05, 3.63) is 58.2 Å². The van der Waals surface area contributed by atoms with Gasteiger partial charge in [-0.3, -0.25) is 0 Å². The molecule has 0 saturated carbocycles. The summed E-state index contributed by atoms with van der Waals surface area (Å²) in [6.45, 7) is 0. The van der Waals surface area contributed by atoms with Crippen molar-refractivity contribution in [2.75, 3.05) is 0 Å². The molecule has 2 aromatic rings. The Hall–Kier alpha value is -2.91. The van der Waals surface area contributed by atoms with Crippen LogP contribution >= 0.6 is 0 Å². The second kappa shape index (κ2) is 7.41. The Balaban J connectivity index is 2.71. The quantitative estimate of drug-likeness (QED) is 0.288. The van der Waals surface area contributed by atoms with Crippen LogP contribution in [0.4, 0.5) is 48.3 Å². The minimum absolute atomic E-state index is 0.376. The van der Waals surface area contributed by atoms with Crippen LogP contribution in [0, 0.1) is 46.5 Å². The van der Waals surface area contributed by atoms with Crippen molar-refractivity contribution in [1.29, 1.82) is 0 Å². The maximum Gasteiger partial charge on any atom is 0.502 e. The monoisotopic (exact) mass is 474 g/mol. The summed E-state index contributed by atoms with van der Waals surface area (Å²) in [5.41, 5.74) is -9.02. The first-order valence-electron chi connectivity index (χ1n) is 6.76. The predicted molar refractivity (Wildman–Crippen MR) is 70.7 cm³/mol. The Bertz CT molecular complexity index is 1120. The lowest BCUT2D eigenvalue weighted by atomic mass is 10.1. The van der Waals surface area contributed by atoms with Crippen LogP contribution in [0.15, 0.2) is 11.0 Å². The molecule has 2 rings (SSSR count). The highest BCUT2D eigenvalue weighted by Crippen LogP contribution is 2.37. The Labute approximate surface area is 157 Å². The molecular weight excluding hydrogens is 473 g/mol. The van der Waals surface area contributed by atoms with Gasteiger partial charge in [-0.2, -0.15) is 22.0 Å². The molecule has 0 bridgehead atoms. The zero-order chi connectivity index (χ0) is 23.3. The Morgan fingerprint density at radius 3 is 1.50 bits per heavy atom. The van der Waals surface area contributed by atoms with E-state index in [0.717, 1.165) is 0 Å².